The number of urea groups is 1. The predicted octanol–water partition coefficient (Wildman–Crippen LogP) is 5.12. The Morgan fingerprint density at radius 3 is 2.20 bits per heavy atom. The molecule has 534 valence electrons. The van der Waals surface area contributed by atoms with Gasteiger partial charge in [-0.2, -0.15) is 5.48 Å². The number of nitrogens with one attached hydrogen (secondary N) is 3. The largest absolute Gasteiger partial charge is 0.492 e. The van der Waals surface area contributed by atoms with Crippen molar-refractivity contribution in [2.24, 2.45) is 5.73 Å². The fraction of sp³-hybridized carbons (Fsp3) is 0.606. The van der Waals surface area contributed by atoms with Crippen LogP contribution in [-0.4, -0.2) is 228 Å². The van der Waals surface area contributed by atoms with E-state index in [4.69, 9.17) is 67.4 Å². The second-order valence-corrected chi connectivity index (χ2v) is 30.0. The number of rotatable bonds is 23. The van der Waals surface area contributed by atoms with Crippen molar-refractivity contribution in [2.45, 2.75) is 201 Å². The van der Waals surface area contributed by atoms with Gasteiger partial charge in [0.1, 0.15) is 36.6 Å². The topological polar surface area (TPSA) is 355 Å². The van der Waals surface area contributed by atoms with Crippen molar-refractivity contribution in [2.75, 3.05) is 59.8 Å². The van der Waals surface area contributed by atoms with Crippen molar-refractivity contribution in [3.8, 4) is 40.9 Å². The second kappa shape index (κ2) is 34.7. The third-order valence-electron chi connectivity index (χ3n) is 16.9. The molecule has 2 aliphatic carbocycles. The van der Waals surface area contributed by atoms with Crippen molar-refractivity contribution in [1.29, 1.82) is 0 Å². The van der Waals surface area contributed by atoms with Crippen molar-refractivity contribution >= 4 is 84.7 Å². The first-order valence-corrected chi connectivity index (χ1v) is 35.7. The van der Waals surface area contributed by atoms with Crippen LogP contribution in [0.2, 0.25) is 0 Å². The smallest absolute Gasteiger partial charge is 0.411 e. The van der Waals surface area contributed by atoms with E-state index in [1.807, 2.05) is 62.4 Å². The molecule has 8 rings (SSSR count). The maximum atomic E-state index is 14.6. The molecule has 10 N–H and O–H groups in total. The van der Waals surface area contributed by atoms with Crippen molar-refractivity contribution in [1.82, 2.24) is 15.7 Å². The molecule has 4 fully saturated rings. The molecule has 2 aromatic rings. The summed E-state index contributed by atoms with van der Waals surface area (Å²) in [5.41, 5.74) is 8.33. The number of alkyl carbamates (subject to hydrolysis) is 1. The van der Waals surface area contributed by atoms with Crippen LogP contribution in [0.3, 0.4) is 0 Å². The summed E-state index contributed by atoms with van der Waals surface area (Å²) >= 11 is 2.80. The summed E-state index contributed by atoms with van der Waals surface area (Å²) in [6.07, 6.45) is -15.3. The number of nitrogens with zero attached hydrogens (tertiary/aromatic N) is 1. The third-order valence-corrected chi connectivity index (χ3v) is 22.8. The quantitative estimate of drug-likeness (QED) is 0.0229. The zero-order valence-corrected chi connectivity index (χ0v) is 60.8. The maximum Gasteiger partial charge on any atom is 0.411 e. The Bertz CT molecular complexity index is 3350. The average Bonchev–Trinajstić information content (AvgIpc) is 0.755. The number of allylic oxidation sites excluding steroid dienone is 3. The summed E-state index contributed by atoms with van der Waals surface area (Å²) in [5, 5.41) is 62.9. The number of anilines is 1. The molecule has 27 nitrogen and oxygen atoms in total. The molecular formula is C66H88IN5O22S3. The Morgan fingerprint density at radius 2 is 1.56 bits per heavy atom. The minimum atomic E-state index is -2.12. The minimum Gasteiger partial charge on any atom is -0.492 e. The van der Waals surface area contributed by atoms with Gasteiger partial charge in [-0.3, -0.25) is 19.7 Å². The number of ketones is 1. The first kappa shape index (κ1) is 77.9. The molecule has 4 aliphatic heterocycles. The van der Waals surface area contributed by atoms with Crippen LogP contribution in [0, 0.1) is 34.2 Å². The first-order chi connectivity index (χ1) is 46.1. The summed E-state index contributed by atoms with van der Waals surface area (Å²) in [7, 11) is 9.74. The van der Waals surface area contributed by atoms with Crippen molar-refractivity contribution < 1.29 is 106 Å². The number of fused-ring (bicyclic) bond motifs is 2. The third kappa shape index (κ3) is 18.5. The van der Waals surface area contributed by atoms with Crippen LogP contribution < -0.4 is 36.1 Å². The van der Waals surface area contributed by atoms with Gasteiger partial charge < -0.3 is 98.3 Å². The first-order valence-electron chi connectivity index (χ1n) is 31.5. The van der Waals surface area contributed by atoms with Gasteiger partial charge in [-0.1, -0.05) is 96.0 Å². The van der Waals surface area contributed by atoms with Crippen LogP contribution in [0.4, 0.5) is 15.3 Å². The number of benzene rings is 2. The Morgan fingerprint density at radius 1 is 0.856 bits per heavy atom. The molecule has 31 heteroatoms. The summed E-state index contributed by atoms with van der Waals surface area (Å²) in [6.45, 7) is 15.0. The number of aliphatic hydroxyl groups is 5. The highest BCUT2D eigenvalue weighted by Gasteiger charge is 2.53. The van der Waals surface area contributed by atoms with Gasteiger partial charge in [0, 0.05) is 67.5 Å². The van der Waals surface area contributed by atoms with Crippen LogP contribution in [0.15, 0.2) is 59.3 Å². The minimum absolute atomic E-state index is 0.00846. The number of aliphatic hydroxyl groups excluding tert-OH is 4. The zero-order valence-electron chi connectivity index (χ0n) is 56.2. The molecule has 2 bridgehead atoms. The molecule has 3 amide bonds. The maximum absolute atomic E-state index is 14.6. The number of hydrogen-bond donors (Lipinski definition) is 9. The molecule has 2 aromatic carbocycles. The number of ether oxygens (including phenoxy) is 12. The number of amides is 3. The SMILES string of the molecule is CCN(C(=O)Nc1ccc(CN)cc1)[C@H]1CO[C@@H](O[C@H]2[C@H](O[C@H]3C#C/C=C\C#C[C@]4(O)CC(=O)C(NC(=O)OC)=C3/C4=C\CSSC(C)(C)C)O[C@H](C)[C@@H](NO[C@H]3C[C@H](O)[C@H](SC(=O)c4c(C)c(I)c(O[C@@H]5O[C@@H](C)[C@H](O)[C@@H](OC)[C@H]5O)c(OC)c4OC)[C@@H](C)O3)[C@@H]2O)C[C@@H]1OC. The molecule has 4 saturated heterocycles. The standard InChI is InChI=1S/C66H88IN5O22S3/c1-14-72(63(79)69-37-22-20-36(30-68)21-23-37)39-31-87-44(28-43(39)82-9)92-57-52(76)49(33(3)89-62(57)91-42-19-17-15-16-18-25-66(81)29-41(74)50(70-64(80)86-13)47(42)38(66)24-26-95-97-65(6,7)8)71-94-45-27-40(73)59(35(5)88-45)96-60(78)46-32(2)48(67)55(58(85-12)54(46)83-10)93-61-53(77)56(84-11)51(75)34(4)90-61/h15-16,20-24,33-35,39-40,42-45,49,51-53,56-57,59,61-62,71,73,75-77,81H,14,26-31,68H2,1-13H3,(H,69,79)(H,70,80)/b16-15-,38-24+/t33-,34+,35-,39+,40+,42+,43+,44+,45+,49-,51+,52+,53-,56-,57-,59-,61+,62+,66+/m1/s1. The Kier molecular flexibility index (Phi) is 27.9. The van der Waals surface area contributed by atoms with E-state index >= 15 is 0 Å². The van der Waals surface area contributed by atoms with Crippen molar-refractivity contribution in [3.05, 3.63) is 79.6 Å². The molecule has 97 heavy (non-hydrogen) atoms. The highest BCUT2D eigenvalue weighted by molar-refractivity contribution is 14.1. The molecule has 0 saturated carbocycles. The Labute approximate surface area is 590 Å². The lowest BCUT2D eigenvalue weighted by Crippen LogP contribution is -2.65. The van der Waals surface area contributed by atoms with Gasteiger partial charge >= 0.3 is 12.1 Å². The van der Waals surface area contributed by atoms with Gasteiger partial charge in [-0.05, 0) is 92.6 Å². The summed E-state index contributed by atoms with van der Waals surface area (Å²) in [5.74, 6) is 11.2. The lowest BCUT2D eigenvalue weighted by molar-refractivity contribution is -0.337. The summed E-state index contributed by atoms with van der Waals surface area (Å²) in [4.78, 5) is 63.7. The van der Waals surface area contributed by atoms with E-state index in [0.29, 0.717) is 21.4 Å². The van der Waals surface area contributed by atoms with Crippen LogP contribution in [0.1, 0.15) is 89.2 Å². The molecule has 0 spiro atoms. The molecule has 4 heterocycles. The number of methoxy groups -OCH3 is 5. The predicted molar refractivity (Wildman–Crippen MR) is 368 cm³/mol. The number of thioether (sulfide) groups is 1. The number of carbonyl (C=O) groups excluding carboxylic acids is 4. The fourth-order valence-electron chi connectivity index (χ4n) is 11.9. The number of nitrogens with two attached hydrogens (primary N) is 1. The van der Waals surface area contributed by atoms with E-state index in [0.717, 1.165) is 24.4 Å². The Hall–Kier alpha value is -4.80. The van der Waals surface area contributed by atoms with Crippen LogP contribution in [0.5, 0.6) is 17.2 Å². The number of likely N-dealkylation sites (N-methyl/N-ethyl adjacent to an activating group) is 1. The Balaban J connectivity index is 1.05. The highest BCUT2D eigenvalue weighted by atomic mass is 127. The van der Waals surface area contributed by atoms with Gasteiger partial charge in [-0.15, -0.1) is 0 Å². The van der Waals surface area contributed by atoms with E-state index in [1.54, 1.807) is 61.6 Å². The van der Waals surface area contributed by atoms with E-state index in [9.17, 15) is 44.7 Å². The normalized spacial score (nSPS) is 32.7. The second-order valence-electron chi connectivity index (χ2n) is 24.6. The zero-order chi connectivity index (χ0) is 70.8. The van der Waals surface area contributed by atoms with Gasteiger partial charge in [0.15, 0.2) is 41.8 Å². The van der Waals surface area contributed by atoms with Gasteiger partial charge in [0.05, 0.1) is 97.0 Å². The van der Waals surface area contributed by atoms with E-state index < -0.39 is 145 Å². The average molecular weight is 1530 g/mol. The van der Waals surface area contributed by atoms with Gasteiger partial charge in [0.2, 0.25) is 17.2 Å². The lowest BCUT2D eigenvalue weighted by Gasteiger charge is -2.47. The van der Waals surface area contributed by atoms with Crippen LogP contribution in [-0.2, 0) is 58.8 Å². The summed E-state index contributed by atoms with van der Waals surface area (Å²) in [6, 6.07) is 4.92. The van der Waals surface area contributed by atoms with Crippen molar-refractivity contribution in [3.63, 3.8) is 0 Å². The number of hydrogen-bond acceptors (Lipinski definition) is 27. The number of hydroxylamine groups is 1. The lowest BCUT2D eigenvalue weighted by atomic mass is 9.75. The van der Waals surface area contributed by atoms with Crippen LogP contribution in [0.25, 0.3) is 0 Å². The number of halogens is 1. The van der Waals surface area contributed by atoms with E-state index in [-0.39, 0.29) is 76.1 Å². The number of Topliss-reactive ketones (excluding diaryl/α,β-unsaturated/α-hetero) is 1. The van der Waals surface area contributed by atoms with Crippen LogP contribution >= 0.6 is 55.9 Å². The van der Waals surface area contributed by atoms with Gasteiger partial charge in [-0.25, -0.2) is 9.59 Å². The monoisotopic (exact) mass is 1530 g/mol. The highest BCUT2D eigenvalue weighted by Crippen LogP contribution is 2.49. The molecule has 19 atom stereocenters. The van der Waals surface area contributed by atoms with Gasteiger partial charge in [0.25, 0.3) is 0 Å². The molecule has 0 radical (unpaired) electrons. The van der Waals surface area contributed by atoms with E-state index in [2.05, 4.69) is 39.8 Å². The summed E-state index contributed by atoms with van der Waals surface area (Å²) < 4.78 is 73.3. The molecule has 0 unspecified atom stereocenters. The van der Waals surface area contributed by atoms with E-state index in [1.165, 1.54) is 51.4 Å². The molecule has 0 aromatic heterocycles. The molecular weight excluding hydrogens is 1440 g/mol. The molecule has 6 aliphatic rings. The fourth-order valence-corrected chi connectivity index (χ4v) is 15.8. The number of carbonyl (C=O) groups is 4.